The lowest BCUT2D eigenvalue weighted by atomic mass is 10.1. The molecule has 0 radical (unpaired) electrons. The highest BCUT2D eigenvalue weighted by Crippen LogP contribution is 2.39. The minimum absolute atomic E-state index is 0.514. The van der Waals surface area contributed by atoms with E-state index in [4.69, 9.17) is 9.26 Å². The fourth-order valence-corrected chi connectivity index (χ4v) is 4.26. The molecule has 6 nitrogen and oxygen atoms in total. The molecule has 3 aromatic rings. The van der Waals surface area contributed by atoms with Gasteiger partial charge < -0.3 is 14.2 Å². The van der Waals surface area contributed by atoms with Gasteiger partial charge >= 0.3 is 0 Å². The zero-order valence-corrected chi connectivity index (χ0v) is 15.3. The first-order chi connectivity index (χ1) is 13.3. The molecule has 1 saturated carbocycles. The number of nitrogens with zero attached hydrogens (tertiary/aromatic N) is 4. The number of anilines is 1. The summed E-state index contributed by atoms with van der Waals surface area (Å²) in [7, 11) is 1.66. The lowest BCUT2D eigenvalue weighted by Gasteiger charge is -2.27. The largest absolute Gasteiger partial charge is 0.497 e. The first-order valence-corrected chi connectivity index (χ1v) is 9.47. The minimum atomic E-state index is 0.514. The average Bonchev–Trinajstić information content (AvgIpc) is 3.46. The second-order valence-electron chi connectivity index (χ2n) is 7.43. The summed E-state index contributed by atoms with van der Waals surface area (Å²) in [6, 6.07) is 12.7. The molecule has 27 heavy (non-hydrogen) atoms. The van der Waals surface area contributed by atoms with Crippen molar-refractivity contribution in [1.82, 2.24) is 15.1 Å². The molecule has 1 aromatic carbocycles. The summed E-state index contributed by atoms with van der Waals surface area (Å²) in [5.74, 6) is 3.93. The van der Waals surface area contributed by atoms with Gasteiger partial charge in [-0.2, -0.15) is 4.98 Å². The number of pyridine rings is 1. The Labute approximate surface area is 158 Å². The Balaban J connectivity index is 1.29. The molecule has 2 aliphatic rings. The van der Waals surface area contributed by atoms with E-state index in [1.54, 1.807) is 7.11 Å². The summed E-state index contributed by atoms with van der Waals surface area (Å²) < 4.78 is 10.6. The molecule has 2 bridgehead atoms. The monoisotopic (exact) mass is 362 g/mol. The molecule has 3 heterocycles. The number of rotatable bonds is 5. The fourth-order valence-electron chi connectivity index (χ4n) is 4.26. The van der Waals surface area contributed by atoms with Crippen molar-refractivity contribution in [2.75, 3.05) is 18.6 Å². The van der Waals surface area contributed by atoms with Gasteiger partial charge in [-0.05, 0) is 55.0 Å². The van der Waals surface area contributed by atoms with E-state index in [-0.39, 0.29) is 0 Å². The highest BCUT2D eigenvalue weighted by molar-refractivity contribution is 5.55. The summed E-state index contributed by atoms with van der Waals surface area (Å²) >= 11 is 0. The van der Waals surface area contributed by atoms with Crippen molar-refractivity contribution in [3.63, 3.8) is 0 Å². The summed E-state index contributed by atoms with van der Waals surface area (Å²) in [5.41, 5.74) is 1.97. The maximum Gasteiger partial charge on any atom is 0.259 e. The van der Waals surface area contributed by atoms with Crippen molar-refractivity contribution >= 4 is 5.82 Å². The summed E-state index contributed by atoms with van der Waals surface area (Å²) in [6.07, 6.45) is 6.45. The van der Waals surface area contributed by atoms with Crippen LogP contribution in [0.5, 0.6) is 5.75 Å². The number of piperidine rings is 1. The van der Waals surface area contributed by atoms with E-state index in [1.165, 1.54) is 19.3 Å². The van der Waals surface area contributed by atoms with Crippen LogP contribution in [0.25, 0.3) is 11.5 Å². The lowest BCUT2D eigenvalue weighted by Crippen LogP contribution is -2.32. The van der Waals surface area contributed by atoms with Crippen molar-refractivity contribution in [3.8, 4) is 17.2 Å². The van der Waals surface area contributed by atoms with E-state index in [9.17, 15) is 0 Å². The molecule has 5 rings (SSSR count). The number of fused-ring (bicyclic) bond motifs is 2. The van der Waals surface area contributed by atoms with E-state index in [1.807, 2.05) is 36.5 Å². The van der Waals surface area contributed by atoms with Crippen LogP contribution in [0, 0.1) is 5.92 Å². The van der Waals surface area contributed by atoms with Gasteiger partial charge in [0.2, 0.25) is 0 Å². The molecular formula is C21H22N4O2. The molecular weight excluding hydrogens is 340 g/mol. The van der Waals surface area contributed by atoms with E-state index in [2.05, 4.69) is 26.1 Å². The van der Waals surface area contributed by atoms with Gasteiger partial charge in [-0.1, -0.05) is 17.3 Å². The van der Waals surface area contributed by atoms with Crippen LogP contribution in [0.1, 0.15) is 30.7 Å². The summed E-state index contributed by atoms with van der Waals surface area (Å²) in [4.78, 5) is 11.6. The van der Waals surface area contributed by atoms with Gasteiger partial charge in [0, 0.05) is 25.2 Å². The predicted octanol–water partition coefficient (Wildman–Crippen LogP) is 3.72. The topological polar surface area (TPSA) is 64.3 Å². The molecule has 2 atom stereocenters. The summed E-state index contributed by atoms with van der Waals surface area (Å²) in [6.45, 7) is 1.14. The lowest BCUT2D eigenvalue weighted by molar-refractivity contribution is 0.414. The zero-order chi connectivity index (χ0) is 18.2. The highest BCUT2D eigenvalue weighted by atomic mass is 16.5. The van der Waals surface area contributed by atoms with Crippen molar-refractivity contribution < 1.29 is 9.26 Å². The molecule has 6 heteroatoms. The van der Waals surface area contributed by atoms with Gasteiger partial charge in [-0.3, -0.25) is 0 Å². The van der Waals surface area contributed by atoms with E-state index in [0.717, 1.165) is 35.2 Å². The third-order valence-electron chi connectivity index (χ3n) is 5.69. The predicted molar refractivity (Wildman–Crippen MR) is 102 cm³/mol. The van der Waals surface area contributed by atoms with Crippen LogP contribution in [0.4, 0.5) is 5.82 Å². The number of aromatic nitrogens is 3. The maximum absolute atomic E-state index is 5.44. The zero-order valence-electron chi connectivity index (χ0n) is 15.3. The molecule has 2 aromatic heterocycles. The molecule has 1 aliphatic carbocycles. The Kier molecular flexibility index (Phi) is 4.03. The normalized spacial score (nSPS) is 21.0. The molecule has 138 valence electrons. The molecule has 0 unspecified atom stereocenters. The molecule has 2 fully saturated rings. The third kappa shape index (κ3) is 3.16. The second-order valence-corrected chi connectivity index (χ2v) is 7.43. The van der Waals surface area contributed by atoms with Crippen molar-refractivity contribution in [2.45, 2.75) is 31.7 Å². The van der Waals surface area contributed by atoms with E-state index < -0.39 is 0 Å². The van der Waals surface area contributed by atoms with E-state index >= 15 is 0 Å². The Morgan fingerprint density at radius 1 is 1.15 bits per heavy atom. The quantitative estimate of drug-likeness (QED) is 0.689. The van der Waals surface area contributed by atoms with Crippen molar-refractivity contribution in [1.29, 1.82) is 0 Å². The molecule has 1 aliphatic heterocycles. The Morgan fingerprint density at radius 2 is 2.04 bits per heavy atom. The standard InChI is InChI=1S/C21H22N4O2/c1-26-18-7-3-14(4-8-18)11-19-23-21(27-24-19)16-5-9-20(22-12-16)25-13-15-2-6-17(25)10-15/h3-5,7-9,12,15,17H,2,6,10-11,13H2,1H3/t15-,17-/m0/s1. The smallest absolute Gasteiger partial charge is 0.259 e. The van der Waals surface area contributed by atoms with Crippen LogP contribution in [0.3, 0.4) is 0 Å². The van der Waals surface area contributed by atoms with Gasteiger partial charge in [-0.25, -0.2) is 4.98 Å². The van der Waals surface area contributed by atoms with Gasteiger partial charge in [-0.15, -0.1) is 0 Å². The SMILES string of the molecule is COc1ccc(Cc2noc(-c3ccc(N4C[C@H]5CC[C@H]4C5)nc3)n2)cc1. The van der Waals surface area contributed by atoms with Gasteiger partial charge in [0.25, 0.3) is 5.89 Å². The minimum Gasteiger partial charge on any atom is -0.497 e. The van der Waals surface area contributed by atoms with Gasteiger partial charge in [0.1, 0.15) is 11.6 Å². The van der Waals surface area contributed by atoms with Crippen LogP contribution < -0.4 is 9.64 Å². The third-order valence-corrected chi connectivity index (χ3v) is 5.69. The number of benzene rings is 1. The first-order valence-electron chi connectivity index (χ1n) is 9.47. The highest BCUT2D eigenvalue weighted by Gasteiger charge is 2.38. The van der Waals surface area contributed by atoms with Crippen LogP contribution >= 0.6 is 0 Å². The van der Waals surface area contributed by atoms with Gasteiger partial charge in [0.15, 0.2) is 5.82 Å². The molecule has 1 saturated heterocycles. The Morgan fingerprint density at radius 3 is 2.70 bits per heavy atom. The summed E-state index contributed by atoms with van der Waals surface area (Å²) in [5, 5.41) is 4.11. The number of hydrogen-bond acceptors (Lipinski definition) is 6. The van der Waals surface area contributed by atoms with Crippen LogP contribution in [-0.2, 0) is 6.42 Å². The second kappa shape index (κ2) is 6.68. The molecule has 0 N–H and O–H groups in total. The van der Waals surface area contributed by atoms with Crippen molar-refractivity contribution in [2.24, 2.45) is 5.92 Å². The van der Waals surface area contributed by atoms with Crippen molar-refractivity contribution in [3.05, 3.63) is 54.0 Å². The van der Waals surface area contributed by atoms with Crippen LogP contribution in [-0.4, -0.2) is 34.8 Å². The molecule has 0 amide bonds. The number of hydrogen-bond donors (Lipinski definition) is 0. The van der Waals surface area contributed by atoms with E-state index in [0.29, 0.717) is 24.2 Å². The van der Waals surface area contributed by atoms with Crippen LogP contribution in [0.2, 0.25) is 0 Å². The van der Waals surface area contributed by atoms with Gasteiger partial charge in [0.05, 0.1) is 12.7 Å². The van der Waals surface area contributed by atoms with Crippen LogP contribution in [0.15, 0.2) is 47.1 Å². The fraction of sp³-hybridized carbons (Fsp3) is 0.381. The average molecular weight is 362 g/mol. The Bertz CT molecular complexity index is 920. The first kappa shape index (κ1) is 16.3. The molecule has 0 spiro atoms. The number of ether oxygens (including phenoxy) is 1. The Hall–Kier alpha value is -2.89. The number of methoxy groups -OCH3 is 1. The maximum atomic E-state index is 5.44.